The molecule has 0 radical (unpaired) electrons. The van der Waals surface area contributed by atoms with E-state index in [0.717, 1.165) is 18.1 Å². The Morgan fingerprint density at radius 1 is 1.17 bits per heavy atom. The van der Waals surface area contributed by atoms with Crippen LogP contribution in [0.5, 0.6) is 0 Å². The second kappa shape index (κ2) is 9.98. The maximum atomic E-state index is 13.5. The minimum atomic E-state index is -0.894. The number of amides is 1. The lowest BCUT2D eigenvalue weighted by Gasteiger charge is -2.40. The molecule has 0 spiro atoms. The molecule has 1 saturated heterocycles. The SMILES string of the molecule is C=CC[C@@H]1CC([C@@H](O)[C@@H](C)Cc2cc(F)cc(F)c2)C(=O)N(Cc2ccccc2)C1. The number of piperidine rings is 1. The minimum Gasteiger partial charge on any atom is -0.392 e. The smallest absolute Gasteiger partial charge is 0.228 e. The number of rotatable bonds is 8. The minimum absolute atomic E-state index is 0.0658. The Morgan fingerprint density at radius 3 is 2.47 bits per heavy atom. The predicted molar refractivity (Wildman–Crippen MR) is 114 cm³/mol. The fourth-order valence-corrected chi connectivity index (χ4v) is 4.43. The number of halogens is 2. The van der Waals surface area contributed by atoms with E-state index in [2.05, 4.69) is 6.58 Å². The molecule has 0 bridgehead atoms. The zero-order chi connectivity index (χ0) is 21.7. The molecule has 1 amide bonds. The molecule has 1 aliphatic rings. The molecular weight excluding hydrogens is 384 g/mol. The molecule has 1 N–H and O–H groups in total. The van der Waals surface area contributed by atoms with Gasteiger partial charge in [0.1, 0.15) is 11.6 Å². The second-order valence-corrected chi connectivity index (χ2v) is 8.39. The van der Waals surface area contributed by atoms with Gasteiger partial charge in [-0.25, -0.2) is 8.78 Å². The van der Waals surface area contributed by atoms with Crippen molar-refractivity contribution in [2.24, 2.45) is 17.8 Å². The summed E-state index contributed by atoms with van der Waals surface area (Å²) in [5.41, 5.74) is 1.52. The van der Waals surface area contributed by atoms with Crippen molar-refractivity contribution in [3.63, 3.8) is 0 Å². The highest BCUT2D eigenvalue weighted by Crippen LogP contribution is 2.32. The van der Waals surface area contributed by atoms with Crippen LogP contribution in [0.1, 0.15) is 30.9 Å². The number of benzene rings is 2. The van der Waals surface area contributed by atoms with Gasteiger partial charge >= 0.3 is 0 Å². The van der Waals surface area contributed by atoms with Crippen LogP contribution in [0.25, 0.3) is 0 Å². The van der Waals surface area contributed by atoms with Crippen LogP contribution in [-0.2, 0) is 17.8 Å². The zero-order valence-electron chi connectivity index (χ0n) is 17.3. The number of carbonyl (C=O) groups is 1. The summed E-state index contributed by atoms with van der Waals surface area (Å²) in [5.74, 6) is -1.98. The summed E-state index contributed by atoms with van der Waals surface area (Å²) in [7, 11) is 0. The number of aliphatic hydroxyl groups excluding tert-OH is 1. The van der Waals surface area contributed by atoms with Gasteiger partial charge in [0.15, 0.2) is 0 Å². The van der Waals surface area contributed by atoms with Gasteiger partial charge in [-0.2, -0.15) is 0 Å². The van der Waals surface area contributed by atoms with E-state index in [1.54, 1.807) is 0 Å². The van der Waals surface area contributed by atoms with Crippen LogP contribution < -0.4 is 0 Å². The highest BCUT2D eigenvalue weighted by atomic mass is 19.1. The number of nitrogens with zero attached hydrogens (tertiary/aromatic N) is 1. The summed E-state index contributed by atoms with van der Waals surface area (Å²) >= 11 is 0. The Labute approximate surface area is 177 Å². The molecule has 1 unspecified atom stereocenters. The van der Waals surface area contributed by atoms with Crippen LogP contribution in [0.2, 0.25) is 0 Å². The van der Waals surface area contributed by atoms with Crippen LogP contribution in [0.3, 0.4) is 0 Å². The fourth-order valence-electron chi connectivity index (χ4n) is 4.43. The zero-order valence-corrected chi connectivity index (χ0v) is 17.3. The van der Waals surface area contributed by atoms with Crippen LogP contribution >= 0.6 is 0 Å². The molecule has 4 atom stereocenters. The maximum absolute atomic E-state index is 13.5. The molecule has 3 rings (SSSR count). The lowest BCUT2D eigenvalue weighted by Crippen LogP contribution is -2.50. The molecule has 30 heavy (non-hydrogen) atoms. The fraction of sp³-hybridized carbons (Fsp3) is 0.400. The highest BCUT2D eigenvalue weighted by Gasteiger charge is 2.39. The lowest BCUT2D eigenvalue weighted by atomic mass is 9.78. The number of allylic oxidation sites excluding steroid dienone is 1. The van der Waals surface area contributed by atoms with Crippen molar-refractivity contribution in [3.05, 3.63) is 83.9 Å². The average molecular weight is 414 g/mol. The Morgan fingerprint density at radius 2 is 1.83 bits per heavy atom. The van der Waals surface area contributed by atoms with Crippen molar-refractivity contribution < 1.29 is 18.7 Å². The first-order valence-electron chi connectivity index (χ1n) is 10.4. The van der Waals surface area contributed by atoms with Gasteiger partial charge in [0, 0.05) is 19.2 Å². The largest absolute Gasteiger partial charge is 0.392 e. The second-order valence-electron chi connectivity index (χ2n) is 8.39. The average Bonchev–Trinajstić information content (AvgIpc) is 2.70. The number of likely N-dealkylation sites (tertiary alicyclic amines) is 1. The molecule has 2 aromatic carbocycles. The topological polar surface area (TPSA) is 40.5 Å². The summed E-state index contributed by atoms with van der Waals surface area (Å²) in [6.07, 6.45) is 2.60. The summed E-state index contributed by atoms with van der Waals surface area (Å²) in [6.45, 7) is 6.77. The number of aliphatic hydroxyl groups is 1. The lowest BCUT2D eigenvalue weighted by molar-refractivity contribution is -0.147. The molecule has 1 heterocycles. The van der Waals surface area contributed by atoms with Gasteiger partial charge in [-0.05, 0) is 54.4 Å². The highest BCUT2D eigenvalue weighted by molar-refractivity contribution is 5.80. The quantitative estimate of drug-likeness (QED) is 0.635. The summed E-state index contributed by atoms with van der Waals surface area (Å²) in [5, 5.41) is 11.0. The molecule has 160 valence electrons. The predicted octanol–water partition coefficient (Wildman–Crippen LogP) is 4.75. The van der Waals surface area contributed by atoms with Gasteiger partial charge in [0.25, 0.3) is 0 Å². The molecule has 0 saturated carbocycles. The first-order valence-corrected chi connectivity index (χ1v) is 10.4. The van der Waals surface area contributed by atoms with Gasteiger partial charge in [-0.3, -0.25) is 4.79 Å². The molecular formula is C25H29F2NO2. The van der Waals surface area contributed by atoms with Crippen LogP contribution in [0.15, 0.2) is 61.2 Å². The third-order valence-corrected chi connectivity index (χ3v) is 5.89. The van der Waals surface area contributed by atoms with E-state index < -0.39 is 23.7 Å². The van der Waals surface area contributed by atoms with Gasteiger partial charge in [-0.1, -0.05) is 43.3 Å². The van der Waals surface area contributed by atoms with E-state index in [0.29, 0.717) is 31.5 Å². The monoisotopic (exact) mass is 413 g/mol. The summed E-state index contributed by atoms with van der Waals surface area (Å²) < 4.78 is 27.0. The van der Waals surface area contributed by atoms with Crippen molar-refractivity contribution in [3.8, 4) is 0 Å². The first kappa shape index (κ1) is 22.2. The normalized spacial score (nSPS) is 21.3. The van der Waals surface area contributed by atoms with Crippen molar-refractivity contribution >= 4 is 5.91 Å². The van der Waals surface area contributed by atoms with Crippen LogP contribution in [-0.4, -0.2) is 28.6 Å². The van der Waals surface area contributed by atoms with Crippen molar-refractivity contribution in [2.45, 2.75) is 38.8 Å². The number of hydrogen-bond donors (Lipinski definition) is 1. The van der Waals surface area contributed by atoms with Gasteiger partial charge in [0.2, 0.25) is 5.91 Å². The molecule has 3 nitrogen and oxygen atoms in total. The van der Waals surface area contributed by atoms with Crippen LogP contribution in [0, 0.1) is 29.4 Å². The van der Waals surface area contributed by atoms with E-state index in [1.807, 2.05) is 48.2 Å². The first-order chi connectivity index (χ1) is 14.4. The molecule has 0 aliphatic carbocycles. The standard InChI is InChI=1S/C25H29F2NO2/c1-3-7-19-13-23(25(30)28(16-19)15-18-8-5-4-6-9-18)24(29)17(2)10-20-11-21(26)14-22(27)12-20/h3-6,8-9,11-12,14,17,19,23-24,29H,1,7,10,13,15-16H2,2H3/t17-,19+,23?,24-/m0/s1. The molecule has 2 aromatic rings. The molecule has 1 aliphatic heterocycles. The summed E-state index contributed by atoms with van der Waals surface area (Å²) in [4.78, 5) is 15.0. The molecule has 0 aromatic heterocycles. The molecule has 1 fully saturated rings. The Hall–Kier alpha value is -2.53. The summed E-state index contributed by atoms with van der Waals surface area (Å²) in [6, 6.07) is 13.2. The van der Waals surface area contributed by atoms with E-state index >= 15 is 0 Å². The van der Waals surface area contributed by atoms with Crippen molar-refractivity contribution in [2.75, 3.05) is 6.54 Å². The third-order valence-electron chi connectivity index (χ3n) is 5.89. The Kier molecular flexibility index (Phi) is 7.38. The van der Waals surface area contributed by atoms with Crippen molar-refractivity contribution in [1.29, 1.82) is 0 Å². The van der Waals surface area contributed by atoms with Gasteiger partial charge < -0.3 is 10.0 Å². The van der Waals surface area contributed by atoms with Crippen molar-refractivity contribution in [1.82, 2.24) is 4.90 Å². The van der Waals surface area contributed by atoms with Gasteiger partial charge in [-0.15, -0.1) is 6.58 Å². The number of carbonyl (C=O) groups excluding carboxylic acids is 1. The van der Waals surface area contributed by atoms with Crippen LogP contribution in [0.4, 0.5) is 8.78 Å². The van der Waals surface area contributed by atoms with E-state index in [4.69, 9.17) is 0 Å². The Bertz CT molecular complexity index is 850. The Balaban J connectivity index is 1.75. The van der Waals surface area contributed by atoms with E-state index in [9.17, 15) is 18.7 Å². The van der Waals surface area contributed by atoms with Gasteiger partial charge in [0.05, 0.1) is 12.0 Å². The van der Waals surface area contributed by atoms with E-state index in [-0.39, 0.29) is 17.7 Å². The number of hydrogen-bond acceptors (Lipinski definition) is 2. The maximum Gasteiger partial charge on any atom is 0.228 e. The molecule has 5 heteroatoms. The third kappa shape index (κ3) is 5.54. The van der Waals surface area contributed by atoms with E-state index in [1.165, 1.54) is 12.1 Å².